The minimum Gasteiger partial charge on any atom is -0.303 e. The zero-order valence-corrected chi connectivity index (χ0v) is 11.8. The number of benzene rings is 4. The van der Waals surface area contributed by atoms with E-state index >= 15 is 0 Å². The van der Waals surface area contributed by atoms with Crippen LogP contribution in [0, 0.1) is 0 Å². The van der Waals surface area contributed by atoms with Crippen LogP contribution in [0.2, 0.25) is 0 Å². The fraction of sp³-hybridized carbons (Fsp3) is 0.150. The topological polar surface area (TPSA) is 17.1 Å². The third-order valence-corrected chi connectivity index (χ3v) is 4.31. The van der Waals surface area contributed by atoms with E-state index < -0.39 is 0 Å². The molecule has 0 saturated carbocycles. The first-order chi connectivity index (χ1) is 10.4. The van der Waals surface area contributed by atoms with E-state index in [4.69, 9.17) is 0 Å². The summed E-state index contributed by atoms with van der Waals surface area (Å²) in [5, 5.41) is 7.95. The van der Waals surface area contributed by atoms with E-state index in [-0.39, 0.29) is 0 Å². The van der Waals surface area contributed by atoms with Crippen LogP contribution in [0.5, 0.6) is 0 Å². The Labute approximate surface area is 123 Å². The molecule has 0 heterocycles. The van der Waals surface area contributed by atoms with Gasteiger partial charge in [0, 0.05) is 6.42 Å². The van der Waals surface area contributed by atoms with E-state index in [0.29, 0.717) is 6.42 Å². The van der Waals surface area contributed by atoms with E-state index in [0.717, 1.165) is 19.1 Å². The van der Waals surface area contributed by atoms with Gasteiger partial charge in [-0.15, -0.1) is 0 Å². The van der Waals surface area contributed by atoms with Crippen molar-refractivity contribution in [2.75, 3.05) is 0 Å². The highest BCUT2D eigenvalue weighted by Gasteiger charge is 2.08. The fourth-order valence-electron chi connectivity index (χ4n) is 3.35. The van der Waals surface area contributed by atoms with Crippen LogP contribution >= 0.6 is 0 Å². The van der Waals surface area contributed by atoms with E-state index in [2.05, 4.69) is 54.6 Å². The predicted octanol–water partition coefficient (Wildman–Crippen LogP) is 5.11. The summed E-state index contributed by atoms with van der Waals surface area (Å²) in [6, 6.07) is 19.9. The average molecular weight is 272 g/mol. The van der Waals surface area contributed by atoms with Crippen LogP contribution in [0.1, 0.15) is 18.4 Å². The lowest BCUT2D eigenvalue weighted by atomic mass is 9.92. The molecule has 0 N–H and O–H groups in total. The first kappa shape index (κ1) is 12.3. The molecule has 0 aliphatic carbocycles. The molecule has 0 aliphatic heterocycles. The maximum absolute atomic E-state index is 10.5. The van der Waals surface area contributed by atoms with Crippen molar-refractivity contribution < 1.29 is 4.79 Å². The smallest absolute Gasteiger partial charge is 0.120 e. The summed E-state index contributed by atoms with van der Waals surface area (Å²) in [5.41, 5.74) is 1.32. The Bertz CT molecular complexity index is 873. The second kappa shape index (κ2) is 4.85. The van der Waals surface area contributed by atoms with E-state index in [9.17, 15) is 4.79 Å². The van der Waals surface area contributed by atoms with Crippen molar-refractivity contribution in [3.63, 3.8) is 0 Å². The summed E-state index contributed by atoms with van der Waals surface area (Å²) in [7, 11) is 0. The van der Waals surface area contributed by atoms with Gasteiger partial charge in [-0.3, -0.25) is 0 Å². The Hall–Kier alpha value is -2.41. The van der Waals surface area contributed by atoms with Crippen LogP contribution < -0.4 is 0 Å². The molecule has 4 rings (SSSR count). The SMILES string of the molecule is O=CCCCc1cc2ccc3cccc4ccc(c1)c2c34. The Morgan fingerprint density at radius 2 is 1.33 bits per heavy atom. The number of rotatable bonds is 4. The molecule has 0 fully saturated rings. The van der Waals surface area contributed by atoms with Gasteiger partial charge in [-0.1, -0.05) is 54.6 Å². The number of carbonyl (C=O) groups is 1. The first-order valence-corrected chi connectivity index (χ1v) is 7.47. The number of hydrogen-bond acceptors (Lipinski definition) is 1. The van der Waals surface area contributed by atoms with Gasteiger partial charge in [0.1, 0.15) is 6.29 Å². The summed E-state index contributed by atoms with van der Waals surface area (Å²) in [6.07, 6.45) is 3.54. The summed E-state index contributed by atoms with van der Waals surface area (Å²) >= 11 is 0. The summed E-state index contributed by atoms with van der Waals surface area (Å²) in [4.78, 5) is 10.5. The third kappa shape index (κ3) is 1.97. The molecule has 21 heavy (non-hydrogen) atoms. The van der Waals surface area contributed by atoms with E-state index in [1.165, 1.54) is 37.9 Å². The molecule has 4 aromatic rings. The molecular formula is C20H16O. The molecule has 0 atom stereocenters. The molecule has 0 aliphatic rings. The van der Waals surface area contributed by atoms with Crippen LogP contribution in [0.15, 0.2) is 54.6 Å². The normalized spacial score (nSPS) is 11.6. The van der Waals surface area contributed by atoms with Crippen LogP contribution in [0.4, 0.5) is 0 Å². The molecular weight excluding hydrogens is 256 g/mol. The monoisotopic (exact) mass is 272 g/mol. The summed E-state index contributed by atoms with van der Waals surface area (Å²) in [6.45, 7) is 0. The van der Waals surface area contributed by atoms with Crippen molar-refractivity contribution in [3.05, 3.63) is 60.2 Å². The van der Waals surface area contributed by atoms with Crippen LogP contribution in [0.3, 0.4) is 0 Å². The molecule has 0 unspecified atom stereocenters. The standard InChI is InChI=1S/C20H16O/c21-11-2-1-4-14-12-17-9-7-15-5-3-6-16-8-10-18(13-14)20(17)19(15)16/h3,5-13H,1-2,4H2. The van der Waals surface area contributed by atoms with Gasteiger partial charge in [-0.2, -0.15) is 0 Å². The number of aldehydes is 1. The number of aryl methyl sites for hydroxylation is 1. The zero-order valence-electron chi connectivity index (χ0n) is 11.8. The van der Waals surface area contributed by atoms with Gasteiger partial charge in [-0.05, 0) is 50.7 Å². The van der Waals surface area contributed by atoms with Gasteiger partial charge in [0.25, 0.3) is 0 Å². The van der Waals surface area contributed by atoms with Gasteiger partial charge < -0.3 is 4.79 Å². The van der Waals surface area contributed by atoms with Crippen molar-refractivity contribution in [2.45, 2.75) is 19.3 Å². The minimum atomic E-state index is 0.644. The highest BCUT2D eigenvalue weighted by molar-refractivity contribution is 6.23. The molecule has 0 aromatic heterocycles. The van der Waals surface area contributed by atoms with Crippen LogP contribution in [0.25, 0.3) is 32.3 Å². The lowest BCUT2D eigenvalue weighted by Gasteiger charge is -2.12. The Kier molecular flexibility index (Phi) is 2.85. The van der Waals surface area contributed by atoms with Crippen molar-refractivity contribution in [2.24, 2.45) is 0 Å². The highest BCUT2D eigenvalue weighted by Crippen LogP contribution is 2.35. The molecule has 102 valence electrons. The zero-order chi connectivity index (χ0) is 14.2. The fourth-order valence-corrected chi connectivity index (χ4v) is 3.35. The minimum absolute atomic E-state index is 0.644. The maximum atomic E-state index is 10.5. The average Bonchev–Trinajstić information content (AvgIpc) is 2.53. The molecule has 1 heteroatoms. The maximum Gasteiger partial charge on any atom is 0.120 e. The van der Waals surface area contributed by atoms with Gasteiger partial charge in [-0.25, -0.2) is 0 Å². The number of carbonyl (C=O) groups excluding carboxylic acids is 1. The molecule has 0 radical (unpaired) electrons. The highest BCUT2D eigenvalue weighted by atomic mass is 16.1. The van der Waals surface area contributed by atoms with Gasteiger partial charge in [0.05, 0.1) is 0 Å². The van der Waals surface area contributed by atoms with E-state index in [1.807, 2.05) is 0 Å². The van der Waals surface area contributed by atoms with Crippen LogP contribution in [-0.4, -0.2) is 6.29 Å². The molecule has 1 nitrogen and oxygen atoms in total. The van der Waals surface area contributed by atoms with Gasteiger partial charge >= 0.3 is 0 Å². The second-order valence-electron chi connectivity index (χ2n) is 5.69. The van der Waals surface area contributed by atoms with E-state index in [1.54, 1.807) is 0 Å². The van der Waals surface area contributed by atoms with Crippen molar-refractivity contribution in [1.29, 1.82) is 0 Å². The first-order valence-electron chi connectivity index (χ1n) is 7.47. The summed E-state index contributed by atoms with van der Waals surface area (Å²) in [5.74, 6) is 0. The lowest BCUT2D eigenvalue weighted by molar-refractivity contribution is -0.107. The molecule has 0 bridgehead atoms. The largest absolute Gasteiger partial charge is 0.303 e. The Balaban J connectivity index is 1.97. The third-order valence-electron chi connectivity index (χ3n) is 4.31. The predicted molar refractivity (Wildman–Crippen MR) is 89.1 cm³/mol. The summed E-state index contributed by atoms with van der Waals surface area (Å²) < 4.78 is 0. The van der Waals surface area contributed by atoms with Gasteiger partial charge in [0.2, 0.25) is 0 Å². The molecule has 4 aromatic carbocycles. The Morgan fingerprint density at radius 1 is 0.762 bits per heavy atom. The van der Waals surface area contributed by atoms with Crippen molar-refractivity contribution in [1.82, 2.24) is 0 Å². The molecule has 0 saturated heterocycles. The van der Waals surface area contributed by atoms with Crippen LogP contribution in [-0.2, 0) is 11.2 Å². The molecule has 0 spiro atoms. The van der Waals surface area contributed by atoms with Gasteiger partial charge in [0.15, 0.2) is 0 Å². The Morgan fingerprint density at radius 3 is 1.95 bits per heavy atom. The lowest BCUT2D eigenvalue weighted by Crippen LogP contribution is -1.89. The quantitative estimate of drug-likeness (QED) is 0.287. The van der Waals surface area contributed by atoms with Crippen molar-refractivity contribution in [3.8, 4) is 0 Å². The second-order valence-corrected chi connectivity index (χ2v) is 5.69. The van der Waals surface area contributed by atoms with Crippen molar-refractivity contribution >= 4 is 38.6 Å². The number of unbranched alkanes of at least 4 members (excludes halogenated alkanes) is 1. The molecule has 0 amide bonds. The number of hydrogen-bond donors (Lipinski definition) is 0.